The Morgan fingerprint density at radius 1 is 1.20 bits per heavy atom. The summed E-state index contributed by atoms with van der Waals surface area (Å²) < 4.78 is 10.3. The Kier molecular flexibility index (Phi) is 3.25. The van der Waals surface area contributed by atoms with Crippen LogP contribution in [0, 0.1) is 0 Å². The van der Waals surface area contributed by atoms with Crippen molar-refractivity contribution in [3.63, 3.8) is 0 Å². The number of anilines is 1. The maximum Gasteiger partial charge on any atom is 0.227 e. The highest BCUT2D eigenvalue weighted by atomic mass is 16.5. The average molecular weight is 269 g/mol. The van der Waals surface area contributed by atoms with Crippen LogP contribution < -0.4 is 5.73 Å². The topological polar surface area (TPSA) is 78.1 Å². The van der Waals surface area contributed by atoms with Crippen LogP contribution >= 0.6 is 0 Å². The van der Waals surface area contributed by atoms with Crippen molar-refractivity contribution in [1.82, 2.24) is 10.1 Å². The summed E-state index contributed by atoms with van der Waals surface area (Å²) in [5.74, 6) is 1.46. The summed E-state index contributed by atoms with van der Waals surface area (Å²) in [6.07, 6.45) is 3.87. The van der Waals surface area contributed by atoms with Crippen molar-refractivity contribution < 1.29 is 8.94 Å². The lowest BCUT2D eigenvalue weighted by Gasteiger charge is -2.08. The fraction of sp³-hybridized carbons (Fsp3) is 0.200. The van der Waals surface area contributed by atoms with Gasteiger partial charge < -0.3 is 14.7 Å². The van der Waals surface area contributed by atoms with E-state index in [1.807, 2.05) is 24.3 Å². The van der Waals surface area contributed by atoms with Gasteiger partial charge in [-0.3, -0.25) is 0 Å². The first kappa shape index (κ1) is 12.5. The number of benzene rings is 1. The molecule has 0 aliphatic carbocycles. The Labute approximate surface area is 116 Å². The van der Waals surface area contributed by atoms with Crippen LogP contribution in [0.1, 0.15) is 24.3 Å². The number of furan rings is 1. The molecule has 0 bridgehead atoms. The molecule has 0 saturated carbocycles. The number of nitrogens with zero attached hydrogens (tertiary/aromatic N) is 2. The first-order chi connectivity index (χ1) is 9.72. The molecule has 1 atom stereocenters. The molecule has 0 amide bonds. The van der Waals surface area contributed by atoms with Crippen LogP contribution in [0.25, 0.3) is 11.4 Å². The summed E-state index contributed by atoms with van der Waals surface area (Å²) in [6.45, 7) is 2.12. The first-order valence-electron chi connectivity index (χ1n) is 6.43. The van der Waals surface area contributed by atoms with Gasteiger partial charge in [0.15, 0.2) is 0 Å². The van der Waals surface area contributed by atoms with Crippen LogP contribution in [-0.2, 0) is 6.42 Å². The molecule has 0 fully saturated rings. The minimum Gasteiger partial charge on any atom is -0.472 e. The van der Waals surface area contributed by atoms with E-state index in [1.54, 1.807) is 18.6 Å². The third kappa shape index (κ3) is 2.56. The summed E-state index contributed by atoms with van der Waals surface area (Å²) in [5.41, 5.74) is 8.47. The summed E-state index contributed by atoms with van der Waals surface area (Å²) in [4.78, 5) is 4.37. The Balaban J connectivity index is 1.73. The van der Waals surface area contributed by atoms with Gasteiger partial charge in [-0.05, 0) is 29.7 Å². The normalized spacial score (nSPS) is 12.4. The number of nitrogen functional groups attached to an aromatic ring is 1. The lowest BCUT2D eigenvalue weighted by Crippen LogP contribution is -1.99. The van der Waals surface area contributed by atoms with Gasteiger partial charge in [0, 0.05) is 12.1 Å². The molecule has 2 heterocycles. The monoisotopic (exact) mass is 269 g/mol. The second-order valence-electron chi connectivity index (χ2n) is 4.80. The molecular formula is C15H15N3O2. The predicted octanol–water partition coefficient (Wildman–Crippen LogP) is 3.26. The maximum absolute atomic E-state index is 5.69. The van der Waals surface area contributed by atoms with Crippen molar-refractivity contribution in [2.24, 2.45) is 0 Å². The Hall–Kier alpha value is -2.56. The quantitative estimate of drug-likeness (QED) is 0.735. The van der Waals surface area contributed by atoms with Crippen LogP contribution in [-0.4, -0.2) is 10.1 Å². The number of nitrogens with two attached hydrogens (primary N) is 1. The molecule has 0 radical (unpaired) electrons. The molecule has 3 aromatic rings. The van der Waals surface area contributed by atoms with E-state index in [-0.39, 0.29) is 5.92 Å². The molecular weight excluding hydrogens is 254 g/mol. The summed E-state index contributed by atoms with van der Waals surface area (Å²) >= 11 is 0. The lowest BCUT2D eigenvalue weighted by atomic mass is 9.98. The van der Waals surface area contributed by atoms with Gasteiger partial charge in [0.05, 0.1) is 11.8 Å². The van der Waals surface area contributed by atoms with E-state index in [0.717, 1.165) is 11.3 Å². The third-order valence-corrected chi connectivity index (χ3v) is 3.23. The number of rotatable bonds is 4. The SMILES string of the molecule is CC(Cc1nc(-c2ccoc2)no1)c1ccc(N)cc1. The minimum atomic E-state index is 0.285. The van der Waals surface area contributed by atoms with E-state index in [0.29, 0.717) is 18.1 Å². The highest BCUT2D eigenvalue weighted by Gasteiger charge is 2.14. The van der Waals surface area contributed by atoms with Gasteiger partial charge in [-0.1, -0.05) is 24.2 Å². The van der Waals surface area contributed by atoms with Crippen molar-refractivity contribution >= 4 is 5.69 Å². The van der Waals surface area contributed by atoms with Crippen LogP contribution in [0.4, 0.5) is 5.69 Å². The maximum atomic E-state index is 5.69. The smallest absolute Gasteiger partial charge is 0.227 e. The number of hydrogen-bond donors (Lipinski definition) is 1. The summed E-state index contributed by atoms with van der Waals surface area (Å²) in [7, 11) is 0. The average Bonchev–Trinajstić information content (AvgIpc) is 3.09. The fourth-order valence-corrected chi connectivity index (χ4v) is 2.05. The minimum absolute atomic E-state index is 0.285. The van der Waals surface area contributed by atoms with E-state index >= 15 is 0 Å². The zero-order valence-electron chi connectivity index (χ0n) is 11.1. The van der Waals surface area contributed by atoms with Crippen LogP contribution in [0.5, 0.6) is 0 Å². The molecule has 2 aromatic heterocycles. The predicted molar refractivity (Wildman–Crippen MR) is 75.0 cm³/mol. The van der Waals surface area contributed by atoms with E-state index in [1.165, 1.54) is 5.56 Å². The largest absolute Gasteiger partial charge is 0.472 e. The van der Waals surface area contributed by atoms with Crippen molar-refractivity contribution in [2.75, 3.05) is 5.73 Å². The van der Waals surface area contributed by atoms with E-state index in [4.69, 9.17) is 14.7 Å². The molecule has 1 unspecified atom stereocenters. The van der Waals surface area contributed by atoms with Crippen molar-refractivity contribution in [1.29, 1.82) is 0 Å². The molecule has 0 aliphatic rings. The molecule has 20 heavy (non-hydrogen) atoms. The van der Waals surface area contributed by atoms with E-state index < -0.39 is 0 Å². The zero-order valence-corrected chi connectivity index (χ0v) is 11.1. The molecule has 5 heteroatoms. The molecule has 0 aliphatic heterocycles. The van der Waals surface area contributed by atoms with Crippen molar-refractivity contribution in [3.05, 3.63) is 54.3 Å². The van der Waals surface area contributed by atoms with Gasteiger partial charge in [-0.2, -0.15) is 4.98 Å². The van der Waals surface area contributed by atoms with Crippen molar-refractivity contribution in [3.8, 4) is 11.4 Å². The van der Waals surface area contributed by atoms with Gasteiger partial charge >= 0.3 is 0 Å². The number of aromatic nitrogens is 2. The molecule has 0 saturated heterocycles. The van der Waals surface area contributed by atoms with Crippen molar-refractivity contribution in [2.45, 2.75) is 19.3 Å². The van der Waals surface area contributed by atoms with Gasteiger partial charge in [-0.25, -0.2) is 0 Å². The second kappa shape index (κ2) is 5.21. The fourth-order valence-electron chi connectivity index (χ4n) is 2.05. The lowest BCUT2D eigenvalue weighted by molar-refractivity contribution is 0.372. The van der Waals surface area contributed by atoms with Crippen LogP contribution in [0.15, 0.2) is 51.8 Å². The van der Waals surface area contributed by atoms with Gasteiger partial charge in [0.2, 0.25) is 11.7 Å². The van der Waals surface area contributed by atoms with Crippen LogP contribution in [0.3, 0.4) is 0 Å². The molecule has 102 valence electrons. The third-order valence-electron chi connectivity index (χ3n) is 3.23. The Morgan fingerprint density at radius 3 is 2.70 bits per heavy atom. The molecule has 0 spiro atoms. The van der Waals surface area contributed by atoms with Gasteiger partial charge in [0.1, 0.15) is 6.26 Å². The summed E-state index contributed by atoms with van der Waals surface area (Å²) in [6, 6.07) is 9.64. The molecule has 1 aromatic carbocycles. The molecule has 3 rings (SSSR count). The molecule has 2 N–H and O–H groups in total. The van der Waals surface area contributed by atoms with E-state index in [2.05, 4.69) is 17.1 Å². The Bertz CT molecular complexity index is 671. The summed E-state index contributed by atoms with van der Waals surface area (Å²) in [5, 5.41) is 3.95. The van der Waals surface area contributed by atoms with Crippen LogP contribution in [0.2, 0.25) is 0 Å². The standard InChI is InChI=1S/C15H15N3O2/c1-10(11-2-4-13(16)5-3-11)8-14-17-15(18-20-14)12-6-7-19-9-12/h2-7,9-10H,8,16H2,1H3. The highest BCUT2D eigenvalue weighted by Crippen LogP contribution is 2.22. The van der Waals surface area contributed by atoms with Gasteiger partial charge in [-0.15, -0.1) is 0 Å². The van der Waals surface area contributed by atoms with Gasteiger partial charge in [0.25, 0.3) is 0 Å². The van der Waals surface area contributed by atoms with E-state index in [9.17, 15) is 0 Å². The Morgan fingerprint density at radius 2 is 2.00 bits per heavy atom. The zero-order chi connectivity index (χ0) is 13.9. The number of hydrogen-bond acceptors (Lipinski definition) is 5. The highest BCUT2D eigenvalue weighted by molar-refractivity contribution is 5.51. The second-order valence-corrected chi connectivity index (χ2v) is 4.80. The first-order valence-corrected chi connectivity index (χ1v) is 6.43. The molecule has 5 nitrogen and oxygen atoms in total.